The Kier molecular flexibility index (Phi) is 5.69. The third-order valence-electron chi connectivity index (χ3n) is 4.87. The second-order valence-electron chi connectivity index (χ2n) is 6.56. The SMILES string of the molecule is O=C(NCC(c1ccccc1)N1CCOCC1)c1ccccc1-n1cnnn1. The molecule has 0 saturated carbocycles. The van der Waals surface area contributed by atoms with E-state index < -0.39 is 0 Å². The highest BCUT2D eigenvalue weighted by Crippen LogP contribution is 2.21. The Balaban J connectivity index is 1.52. The van der Waals surface area contributed by atoms with E-state index >= 15 is 0 Å². The monoisotopic (exact) mass is 378 g/mol. The van der Waals surface area contributed by atoms with Gasteiger partial charge in [-0.25, -0.2) is 0 Å². The molecule has 0 radical (unpaired) electrons. The summed E-state index contributed by atoms with van der Waals surface area (Å²) >= 11 is 0. The van der Waals surface area contributed by atoms with Crippen molar-refractivity contribution >= 4 is 5.91 Å². The van der Waals surface area contributed by atoms with Crippen LogP contribution in [-0.2, 0) is 4.74 Å². The number of benzene rings is 2. The largest absolute Gasteiger partial charge is 0.379 e. The fourth-order valence-electron chi connectivity index (χ4n) is 3.44. The Labute approximate surface area is 163 Å². The van der Waals surface area contributed by atoms with E-state index in [1.807, 2.05) is 36.4 Å². The Morgan fingerprint density at radius 1 is 1.07 bits per heavy atom. The summed E-state index contributed by atoms with van der Waals surface area (Å²) in [7, 11) is 0. The number of nitrogens with one attached hydrogen (secondary N) is 1. The van der Waals surface area contributed by atoms with Crippen molar-refractivity contribution in [2.75, 3.05) is 32.8 Å². The number of aromatic nitrogens is 4. The third kappa shape index (κ3) is 4.08. The predicted octanol–water partition coefficient (Wildman–Crippen LogP) is 1.47. The molecule has 0 spiro atoms. The molecule has 2 aromatic carbocycles. The van der Waals surface area contributed by atoms with Gasteiger partial charge in [-0.3, -0.25) is 9.69 Å². The molecular formula is C20H22N6O2. The molecule has 28 heavy (non-hydrogen) atoms. The molecule has 1 amide bonds. The number of nitrogens with zero attached hydrogens (tertiary/aromatic N) is 5. The molecule has 0 aliphatic carbocycles. The number of amides is 1. The number of hydrogen-bond acceptors (Lipinski definition) is 6. The lowest BCUT2D eigenvalue weighted by Gasteiger charge is -2.35. The van der Waals surface area contributed by atoms with Crippen LogP contribution in [0.25, 0.3) is 5.69 Å². The molecule has 1 fully saturated rings. The van der Waals surface area contributed by atoms with E-state index in [0.29, 0.717) is 31.0 Å². The molecule has 144 valence electrons. The summed E-state index contributed by atoms with van der Waals surface area (Å²) in [5, 5.41) is 14.3. The lowest BCUT2D eigenvalue weighted by Crippen LogP contribution is -2.43. The molecule has 1 aromatic heterocycles. The zero-order valence-corrected chi connectivity index (χ0v) is 15.4. The number of rotatable bonds is 6. The topological polar surface area (TPSA) is 85.2 Å². The van der Waals surface area contributed by atoms with Gasteiger partial charge in [-0.2, -0.15) is 4.68 Å². The minimum atomic E-state index is -0.153. The van der Waals surface area contributed by atoms with Crippen molar-refractivity contribution in [3.05, 3.63) is 72.1 Å². The Bertz CT molecular complexity index is 894. The number of carbonyl (C=O) groups is 1. The molecule has 8 nitrogen and oxygen atoms in total. The van der Waals surface area contributed by atoms with E-state index in [-0.39, 0.29) is 11.9 Å². The zero-order valence-electron chi connectivity index (χ0n) is 15.4. The first-order valence-corrected chi connectivity index (χ1v) is 9.30. The van der Waals surface area contributed by atoms with Gasteiger partial charge in [0.25, 0.3) is 5.91 Å². The molecule has 2 heterocycles. The summed E-state index contributed by atoms with van der Waals surface area (Å²) in [5.41, 5.74) is 2.36. The van der Waals surface area contributed by atoms with E-state index in [2.05, 4.69) is 37.9 Å². The number of hydrogen-bond donors (Lipinski definition) is 1. The summed E-state index contributed by atoms with van der Waals surface area (Å²) in [5.74, 6) is -0.153. The number of tetrazole rings is 1. The van der Waals surface area contributed by atoms with E-state index in [9.17, 15) is 4.79 Å². The second kappa shape index (κ2) is 8.73. The number of para-hydroxylation sites is 1. The Hall–Kier alpha value is -3.10. The lowest BCUT2D eigenvalue weighted by molar-refractivity contribution is 0.0162. The van der Waals surface area contributed by atoms with Gasteiger partial charge in [0.05, 0.1) is 30.5 Å². The van der Waals surface area contributed by atoms with Crippen LogP contribution in [0, 0.1) is 0 Å². The normalized spacial score (nSPS) is 15.9. The number of morpholine rings is 1. The maximum absolute atomic E-state index is 12.9. The van der Waals surface area contributed by atoms with E-state index in [4.69, 9.17) is 4.74 Å². The molecule has 3 aromatic rings. The summed E-state index contributed by atoms with van der Waals surface area (Å²) < 4.78 is 6.98. The van der Waals surface area contributed by atoms with Gasteiger partial charge in [0.15, 0.2) is 0 Å². The van der Waals surface area contributed by atoms with Crippen LogP contribution < -0.4 is 5.32 Å². The predicted molar refractivity (Wildman–Crippen MR) is 103 cm³/mol. The van der Waals surface area contributed by atoms with Crippen LogP contribution in [-0.4, -0.2) is 63.9 Å². The van der Waals surface area contributed by atoms with Gasteiger partial charge >= 0.3 is 0 Å². The third-order valence-corrected chi connectivity index (χ3v) is 4.87. The Morgan fingerprint density at radius 2 is 1.82 bits per heavy atom. The molecule has 1 atom stereocenters. The maximum atomic E-state index is 12.9. The van der Waals surface area contributed by atoms with Crippen molar-refractivity contribution in [2.45, 2.75) is 6.04 Å². The lowest BCUT2D eigenvalue weighted by atomic mass is 10.0. The molecule has 1 saturated heterocycles. The highest BCUT2D eigenvalue weighted by atomic mass is 16.5. The second-order valence-corrected chi connectivity index (χ2v) is 6.56. The summed E-state index contributed by atoms with van der Waals surface area (Å²) in [6.45, 7) is 3.61. The molecule has 1 unspecified atom stereocenters. The maximum Gasteiger partial charge on any atom is 0.253 e. The van der Waals surface area contributed by atoms with Crippen molar-refractivity contribution < 1.29 is 9.53 Å². The first kappa shape index (κ1) is 18.3. The minimum absolute atomic E-state index is 0.0919. The van der Waals surface area contributed by atoms with E-state index in [1.54, 1.807) is 6.07 Å². The number of ether oxygens (including phenoxy) is 1. The fraction of sp³-hybridized carbons (Fsp3) is 0.300. The van der Waals surface area contributed by atoms with E-state index in [0.717, 1.165) is 13.1 Å². The first-order valence-electron chi connectivity index (χ1n) is 9.30. The highest BCUT2D eigenvalue weighted by Gasteiger charge is 2.24. The molecule has 4 rings (SSSR count). The van der Waals surface area contributed by atoms with Crippen molar-refractivity contribution in [2.24, 2.45) is 0 Å². The van der Waals surface area contributed by atoms with Crippen molar-refractivity contribution in [3.63, 3.8) is 0 Å². The molecule has 1 aliphatic heterocycles. The van der Waals surface area contributed by atoms with Gasteiger partial charge < -0.3 is 10.1 Å². The van der Waals surface area contributed by atoms with Crippen LogP contribution in [0.15, 0.2) is 60.9 Å². The first-order chi connectivity index (χ1) is 13.8. The van der Waals surface area contributed by atoms with E-state index in [1.165, 1.54) is 16.6 Å². The van der Waals surface area contributed by atoms with Gasteiger partial charge in [-0.1, -0.05) is 42.5 Å². The average molecular weight is 378 g/mol. The van der Waals surface area contributed by atoms with Gasteiger partial charge in [0, 0.05) is 19.6 Å². The van der Waals surface area contributed by atoms with Crippen LogP contribution in [0.5, 0.6) is 0 Å². The fourth-order valence-corrected chi connectivity index (χ4v) is 3.44. The van der Waals surface area contributed by atoms with Crippen LogP contribution in [0.2, 0.25) is 0 Å². The number of carbonyl (C=O) groups excluding carboxylic acids is 1. The molecule has 1 N–H and O–H groups in total. The van der Waals surface area contributed by atoms with Crippen molar-refractivity contribution in [1.82, 2.24) is 30.4 Å². The smallest absolute Gasteiger partial charge is 0.253 e. The zero-order chi connectivity index (χ0) is 19.2. The highest BCUT2D eigenvalue weighted by molar-refractivity contribution is 5.97. The molecule has 0 bridgehead atoms. The summed E-state index contributed by atoms with van der Waals surface area (Å²) in [4.78, 5) is 15.3. The van der Waals surface area contributed by atoms with Crippen molar-refractivity contribution in [3.8, 4) is 5.69 Å². The van der Waals surface area contributed by atoms with Crippen LogP contribution in [0.4, 0.5) is 0 Å². The van der Waals surface area contributed by atoms with Crippen molar-refractivity contribution in [1.29, 1.82) is 0 Å². The summed E-state index contributed by atoms with van der Waals surface area (Å²) in [6.07, 6.45) is 1.48. The minimum Gasteiger partial charge on any atom is -0.379 e. The average Bonchev–Trinajstić information content (AvgIpc) is 3.30. The molecule has 8 heteroatoms. The van der Waals surface area contributed by atoms with Gasteiger partial charge in [0.1, 0.15) is 6.33 Å². The quantitative estimate of drug-likeness (QED) is 0.699. The van der Waals surface area contributed by atoms with Gasteiger partial charge in [0.2, 0.25) is 0 Å². The molecular weight excluding hydrogens is 356 g/mol. The Morgan fingerprint density at radius 3 is 2.57 bits per heavy atom. The standard InChI is InChI=1S/C20H22N6O2/c27-20(17-8-4-5-9-18(17)26-15-22-23-24-26)21-14-19(16-6-2-1-3-7-16)25-10-12-28-13-11-25/h1-9,15,19H,10-14H2,(H,21,27). The van der Waals surface area contributed by atoms with Crippen LogP contribution in [0.3, 0.4) is 0 Å². The van der Waals surface area contributed by atoms with Crippen LogP contribution >= 0.6 is 0 Å². The van der Waals surface area contributed by atoms with Crippen LogP contribution in [0.1, 0.15) is 22.0 Å². The summed E-state index contributed by atoms with van der Waals surface area (Å²) in [6, 6.07) is 17.6. The van der Waals surface area contributed by atoms with Gasteiger partial charge in [-0.15, -0.1) is 5.10 Å². The molecule has 1 aliphatic rings. The van der Waals surface area contributed by atoms with Gasteiger partial charge in [-0.05, 0) is 28.1 Å².